The first-order valence-electron chi connectivity index (χ1n) is 8.47. The zero-order chi connectivity index (χ0) is 17.2. The predicted molar refractivity (Wildman–Crippen MR) is 102 cm³/mol. The molecule has 1 aliphatic rings. The van der Waals surface area contributed by atoms with E-state index in [1.165, 1.54) is 11.1 Å². The lowest BCUT2D eigenvalue weighted by Gasteiger charge is -2.23. The molecule has 0 spiro atoms. The molecule has 2 aromatic carbocycles. The number of halogens is 2. The summed E-state index contributed by atoms with van der Waals surface area (Å²) in [6.07, 6.45) is 6.64. The molecule has 4 rings (SSSR count). The molecule has 3 nitrogen and oxygen atoms in total. The van der Waals surface area contributed by atoms with Gasteiger partial charge in [-0.2, -0.15) is 0 Å². The molecule has 0 saturated heterocycles. The van der Waals surface area contributed by atoms with Crippen LogP contribution < -0.4 is 5.32 Å². The van der Waals surface area contributed by atoms with Gasteiger partial charge < -0.3 is 10.3 Å². The van der Waals surface area contributed by atoms with E-state index in [4.69, 9.17) is 23.2 Å². The molecule has 3 aromatic rings. The molecule has 128 valence electrons. The number of fused-ring (bicyclic) bond motifs is 1. The maximum Gasteiger partial charge on any atom is 0.123 e. The highest BCUT2D eigenvalue weighted by molar-refractivity contribution is 6.34. The Morgan fingerprint density at radius 2 is 1.96 bits per heavy atom. The summed E-state index contributed by atoms with van der Waals surface area (Å²) in [4.78, 5) is 7.72. The van der Waals surface area contributed by atoms with Gasteiger partial charge in [-0.05, 0) is 54.2 Å². The van der Waals surface area contributed by atoms with E-state index in [1.807, 2.05) is 18.3 Å². The van der Waals surface area contributed by atoms with Crippen LogP contribution in [0.2, 0.25) is 10.0 Å². The molecule has 5 heteroatoms. The number of rotatable bonds is 5. The van der Waals surface area contributed by atoms with Crippen LogP contribution in [0, 0.1) is 0 Å². The molecule has 1 aromatic heterocycles. The van der Waals surface area contributed by atoms with Crippen molar-refractivity contribution in [2.24, 2.45) is 0 Å². The first-order valence-corrected chi connectivity index (χ1v) is 9.23. The van der Waals surface area contributed by atoms with Crippen LogP contribution in [0.15, 0.2) is 54.9 Å². The number of aromatic amines is 1. The number of imidazole rings is 1. The molecular weight excluding hydrogens is 353 g/mol. The van der Waals surface area contributed by atoms with Gasteiger partial charge in [-0.3, -0.25) is 0 Å². The number of nitrogens with zero attached hydrogens (tertiary/aromatic N) is 1. The number of hydrogen-bond donors (Lipinski definition) is 2. The van der Waals surface area contributed by atoms with Crippen LogP contribution in [0.5, 0.6) is 0 Å². The Labute approximate surface area is 157 Å². The summed E-state index contributed by atoms with van der Waals surface area (Å²) in [6.45, 7) is 0. The Morgan fingerprint density at radius 1 is 1.16 bits per heavy atom. The molecule has 0 bridgehead atoms. The Hall–Kier alpha value is -1.81. The molecule has 0 saturated carbocycles. The van der Waals surface area contributed by atoms with Gasteiger partial charge in [0.2, 0.25) is 0 Å². The minimum Gasteiger partial charge on any atom is -0.347 e. The van der Waals surface area contributed by atoms with Gasteiger partial charge in [0, 0.05) is 28.5 Å². The number of aromatic nitrogens is 2. The van der Waals surface area contributed by atoms with Crippen LogP contribution in [0.1, 0.15) is 41.0 Å². The third kappa shape index (κ3) is 3.74. The van der Waals surface area contributed by atoms with Crippen molar-refractivity contribution in [3.63, 3.8) is 0 Å². The van der Waals surface area contributed by atoms with Crippen LogP contribution in [-0.2, 0) is 12.8 Å². The average Bonchev–Trinajstić information content (AvgIpc) is 3.23. The minimum atomic E-state index is 0.0701. The third-order valence-electron chi connectivity index (χ3n) is 4.75. The summed E-state index contributed by atoms with van der Waals surface area (Å²) in [5.74, 6) is 0.931. The van der Waals surface area contributed by atoms with Crippen molar-refractivity contribution in [1.82, 2.24) is 15.3 Å². The van der Waals surface area contributed by atoms with Crippen LogP contribution in [-0.4, -0.2) is 9.97 Å². The van der Waals surface area contributed by atoms with E-state index in [2.05, 4.69) is 39.6 Å². The maximum atomic E-state index is 6.17. The molecule has 1 heterocycles. The zero-order valence-corrected chi connectivity index (χ0v) is 15.2. The average molecular weight is 372 g/mol. The van der Waals surface area contributed by atoms with Crippen molar-refractivity contribution in [3.05, 3.63) is 87.4 Å². The van der Waals surface area contributed by atoms with Gasteiger partial charge in [0.25, 0.3) is 0 Å². The molecule has 0 radical (unpaired) electrons. The largest absolute Gasteiger partial charge is 0.347 e. The normalized spacial score (nSPS) is 17.4. The van der Waals surface area contributed by atoms with E-state index in [0.29, 0.717) is 16.1 Å². The smallest absolute Gasteiger partial charge is 0.123 e. The monoisotopic (exact) mass is 371 g/mol. The van der Waals surface area contributed by atoms with Gasteiger partial charge in [0.1, 0.15) is 5.82 Å². The van der Waals surface area contributed by atoms with Crippen LogP contribution in [0.4, 0.5) is 0 Å². The number of aryl methyl sites for hydroxylation is 1. The highest BCUT2D eigenvalue weighted by Gasteiger charge is 2.26. The summed E-state index contributed by atoms with van der Waals surface area (Å²) in [7, 11) is 0. The van der Waals surface area contributed by atoms with Crippen LogP contribution in [0.3, 0.4) is 0 Å². The molecule has 2 atom stereocenters. The summed E-state index contributed by atoms with van der Waals surface area (Å²) >= 11 is 12.3. The predicted octanol–water partition coefficient (Wildman–Crippen LogP) is 5.28. The van der Waals surface area contributed by atoms with Crippen molar-refractivity contribution in [2.75, 3.05) is 0 Å². The summed E-state index contributed by atoms with van der Waals surface area (Å²) in [6, 6.07) is 14.7. The van der Waals surface area contributed by atoms with Crippen molar-refractivity contribution in [1.29, 1.82) is 0 Å². The Kier molecular flexibility index (Phi) is 4.80. The number of hydrogen-bond acceptors (Lipinski definition) is 2. The van der Waals surface area contributed by atoms with E-state index >= 15 is 0 Å². The molecular formula is C20H19Cl2N3. The lowest BCUT2D eigenvalue weighted by Crippen LogP contribution is -2.27. The van der Waals surface area contributed by atoms with Crippen molar-refractivity contribution in [2.45, 2.75) is 31.3 Å². The second-order valence-corrected chi connectivity index (χ2v) is 7.34. The van der Waals surface area contributed by atoms with Crippen LogP contribution in [0.25, 0.3) is 0 Å². The summed E-state index contributed by atoms with van der Waals surface area (Å²) < 4.78 is 0. The lowest BCUT2D eigenvalue weighted by molar-refractivity contribution is 0.427. The molecule has 1 aliphatic carbocycles. The van der Waals surface area contributed by atoms with Crippen LogP contribution >= 0.6 is 23.2 Å². The van der Waals surface area contributed by atoms with E-state index in [-0.39, 0.29) is 6.04 Å². The molecule has 0 aliphatic heterocycles. The topological polar surface area (TPSA) is 40.7 Å². The fourth-order valence-electron chi connectivity index (χ4n) is 3.64. The second kappa shape index (κ2) is 7.20. The Balaban J connectivity index is 1.59. The Morgan fingerprint density at radius 3 is 2.72 bits per heavy atom. The van der Waals surface area contributed by atoms with Gasteiger partial charge in [-0.25, -0.2) is 4.98 Å². The van der Waals surface area contributed by atoms with E-state index in [9.17, 15) is 0 Å². The number of nitrogens with one attached hydrogen (secondary N) is 2. The Bertz CT molecular complexity index is 841. The summed E-state index contributed by atoms with van der Waals surface area (Å²) in [5.41, 5.74) is 3.92. The van der Waals surface area contributed by atoms with E-state index < -0.39 is 0 Å². The van der Waals surface area contributed by atoms with Gasteiger partial charge in [0.05, 0.1) is 6.04 Å². The van der Waals surface area contributed by atoms with Gasteiger partial charge in [-0.1, -0.05) is 47.5 Å². The fourth-order valence-corrected chi connectivity index (χ4v) is 4.21. The molecule has 0 fully saturated rings. The maximum absolute atomic E-state index is 6.17. The number of H-pyrrole nitrogens is 1. The standard InChI is InChI=1S/C20H19Cl2N3/c21-15-9-13(10-16(22)12-15)11-19(20-23-7-8-24-20)25-18-6-5-14-3-1-2-4-17(14)18/h1-4,7-10,12,18-19,25H,5-6,11H2,(H,23,24). The SMILES string of the molecule is Clc1cc(Cl)cc(CC(NC2CCc3ccccc32)c2ncc[nH]2)c1. The molecule has 25 heavy (non-hydrogen) atoms. The second-order valence-electron chi connectivity index (χ2n) is 6.47. The van der Waals surface area contributed by atoms with E-state index in [0.717, 1.165) is 30.7 Å². The van der Waals surface area contributed by atoms with Gasteiger partial charge >= 0.3 is 0 Å². The first-order chi connectivity index (χ1) is 12.2. The van der Waals surface area contributed by atoms with E-state index in [1.54, 1.807) is 12.3 Å². The van der Waals surface area contributed by atoms with Crippen molar-refractivity contribution >= 4 is 23.2 Å². The van der Waals surface area contributed by atoms with Crippen molar-refractivity contribution < 1.29 is 0 Å². The number of benzene rings is 2. The van der Waals surface area contributed by atoms with Gasteiger partial charge in [0.15, 0.2) is 0 Å². The quantitative estimate of drug-likeness (QED) is 0.640. The fraction of sp³-hybridized carbons (Fsp3) is 0.250. The first kappa shape index (κ1) is 16.6. The zero-order valence-electron chi connectivity index (χ0n) is 13.7. The highest BCUT2D eigenvalue weighted by atomic mass is 35.5. The minimum absolute atomic E-state index is 0.0701. The lowest BCUT2D eigenvalue weighted by atomic mass is 10.0. The summed E-state index contributed by atoms with van der Waals surface area (Å²) in [5, 5.41) is 5.10. The van der Waals surface area contributed by atoms with Crippen molar-refractivity contribution in [3.8, 4) is 0 Å². The highest BCUT2D eigenvalue weighted by Crippen LogP contribution is 2.33. The molecule has 2 N–H and O–H groups in total. The molecule has 0 amide bonds. The molecule has 2 unspecified atom stereocenters. The van der Waals surface area contributed by atoms with Gasteiger partial charge in [-0.15, -0.1) is 0 Å². The third-order valence-corrected chi connectivity index (χ3v) is 5.18.